The van der Waals surface area contributed by atoms with Gasteiger partial charge in [0, 0.05) is 30.5 Å². The Bertz CT molecular complexity index is 559. The third-order valence-corrected chi connectivity index (χ3v) is 3.96. The van der Waals surface area contributed by atoms with Crippen LogP contribution in [0.2, 0.25) is 0 Å². The van der Waals surface area contributed by atoms with Gasteiger partial charge in [0.2, 0.25) is 0 Å². The number of para-hydroxylation sites is 1. The van der Waals surface area contributed by atoms with Crippen LogP contribution in [-0.4, -0.2) is 17.8 Å². The second-order valence-corrected chi connectivity index (χ2v) is 6.05. The van der Waals surface area contributed by atoms with Crippen molar-refractivity contribution in [3.8, 4) is 0 Å². The Kier molecular flexibility index (Phi) is 5.83. The number of aliphatic hydroxyl groups excluding tert-OH is 1. The minimum atomic E-state index is -0.303. The van der Waals surface area contributed by atoms with Crippen LogP contribution in [0.5, 0.6) is 0 Å². The van der Waals surface area contributed by atoms with E-state index in [4.69, 9.17) is 4.42 Å². The van der Waals surface area contributed by atoms with E-state index in [2.05, 4.69) is 18.3 Å². The minimum absolute atomic E-state index is 0.276. The average molecular weight is 289 g/mol. The van der Waals surface area contributed by atoms with Crippen LogP contribution in [-0.2, 0) is 13.0 Å². The predicted octanol–water partition coefficient (Wildman–Crippen LogP) is 3.88. The first-order chi connectivity index (χ1) is 10.1. The second-order valence-electron chi connectivity index (χ2n) is 6.05. The van der Waals surface area contributed by atoms with Crippen molar-refractivity contribution in [2.45, 2.75) is 52.7 Å². The van der Waals surface area contributed by atoms with E-state index in [9.17, 15) is 5.11 Å². The van der Waals surface area contributed by atoms with Crippen LogP contribution < -0.4 is 5.32 Å². The molecule has 3 nitrogen and oxygen atoms in total. The van der Waals surface area contributed by atoms with Gasteiger partial charge in [-0.3, -0.25) is 0 Å². The SMILES string of the molecule is CCCCc1oc2ccccc2c1CNCC(O)C(C)C. The number of rotatable bonds is 8. The average Bonchev–Trinajstić information content (AvgIpc) is 2.83. The van der Waals surface area contributed by atoms with Crippen molar-refractivity contribution in [3.05, 3.63) is 35.6 Å². The summed E-state index contributed by atoms with van der Waals surface area (Å²) in [6.45, 7) is 7.63. The maximum Gasteiger partial charge on any atom is 0.134 e. The van der Waals surface area contributed by atoms with Crippen molar-refractivity contribution >= 4 is 11.0 Å². The van der Waals surface area contributed by atoms with E-state index in [1.54, 1.807) is 0 Å². The summed E-state index contributed by atoms with van der Waals surface area (Å²) in [5, 5.41) is 14.5. The molecule has 2 rings (SSSR count). The number of fused-ring (bicyclic) bond motifs is 1. The molecule has 116 valence electrons. The lowest BCUT2D eigenvalue weighted by Crippen LogP contribution is -2.30. The molecule has 2 aromatic rings. The topological polar surface area (TPSA) is 45.4 Å². The third kappa shape index (κ3) is 4.08. The highest BCUT2D eigenvalue weighted by Crippen LogP contribution is 2.27. The van der Waals surface area contributed by atoms with Gasteiger partial charge < -0.3 is 14.8 Å². The van der Waals surface area contributed by atoms with Gasteiger partial charge in [-0.15, -0.1) is 0 Å². The van der Waals surface area contributed by atoms with E-state index in [1.165, 1.54) is 10.9 Å². The van der Waals surface area contributed by atoms with Crippen LogP contribution in [0.1, 0.15) is 44.9 Å². The minimum Gasteiger partial charge on any atom is -0.461 e. The molecule has 0 amide bonds. The zero-order valence-electron chi connectivity index (χ0n) is 13.4. The van der Waals surface area contributed by atoms with Crippen molar-refractivity contribution in [2.75, 3.05) is 6.54 Å². The summed E-state index contributed by atoms with van der Waals surface area (Å²) in [5.74, 6) is 1.36. The van der Waals surface area contributed by atoms with E-state index in [0.29, 0.717) is 6.54 Å². The monoisotopic (exact) mass is 289 g/mol. The largest absolute Gasteiger partial charge is 0.461 e. The highest BCUT2D eigenvalue weighted by molar-refractivity contribution is 5.82. The number of aryl methyl sites for hydroxylation is 1. The van der Waals surface area contributed by atoms with Crippen molar-refractivity contribution in [1.82, 2.24) is 5.32 Å². The van der Waals surface area contributed by atoms with E-state index >= 15 is 0 Å². The van der Waals surface area contributed by atoms with Gasteiger partial charge in [-0.1, -0.05) is 45.4 Å². The normalized spacial score (nSPS) is 13.2. The van der Waals surface area contributed by atoms with Crippen molar-refractivity contribution < 1.29 is 9.52 Å². The number of hydrogen-bond acceptors (Lipinski definition) is 3. The molecule has 0 radical (unpaired) electrons. The van der Waals surface area contributed by atoms with E-state index in [-0.39, 0.29) is 12.0 Å². The van der Waals surface area contributed by atoms with Crippen LogP contribution in [0, 0.1) is 5.92 Å². The standard InChI is InChI=1S/C18H27NO2/c1-4-5-9-18-15(11-19-12-16(20)13(2)3)14-8-6-7-10-17(14)21-18/h6-8,10,13,16,19-20H,4-5,9,11-12H2,1-3H3. The Balaban J connectivity index is 2.12. The van der Waals surface area contributed by atoms with Gasteiger partial charge in [0.05, 0.1) is 6.10 Å². The molecule has 0 aliphatic carbocycles. The summed E-state index contributed by atoms with van der Waals surface area (Å²) in [6, 6.07) is 8.20. The number of aliphatic hydroxyl groups is 1. The number of furan rings is 1. The summed E-state index contributed by atoms with van der Waals surface area (Å²) in [6.07, 6.45) is 2.98. The van der Waals surface area contributed by atoms with Gasteiger partial charge in [0.25, 0.3) is 0 Å². The first kappa shape index (κ1) is 16.1. The summed E-state index contributed by atoms with van der Waals surface area (Å²) < 4.78 is 6.00. The molecule has 0 aliphatic rings. The van der Waals surface area contributed by atoms with Gasteiger partial charge in [0.15, 0.2) is 0 Å². The number of unbranched alkanes of at least 4 members (excludes halogenated alkanes) is 1. The molecule has 2 N–H and O–H groups in total. The molecular formula is C18H27NO2. The number of nitrogens with one attached hydrogen (secondary N) is 1. The summed E-state index contributed by atoms with van der Waals surface area (Å²) in [7, 11) is 0. The molecule has 1 unspecified atom stereocenters. The molecule has 21 heavy (non-hydrogen) atoms. The first-order valence-electron chi connectivity index (χ1n) is 8.01. The van der Waals surface area contributed by atoms with Gasteiger partial charge in [0.1, 0.15) is 11.3 Å². The van der Waals surface area contributed by atoms with Gasteiger partial charge in [-0.25, -0.2) is 0 Å². The Morgan fingerprint density at radius 3 is 2.71 bits per heavy atom. The molecule has 1 aromatic heterocycles. The fourth-order valence-corrected chi connectivity index (χ4v) is 2.46. The van der Waals surface area contributed by atoms with Crippen LogP contribution in [0.25, 0.3) is 11.0 Å². The third-order valence-electron chi connectivity index (χ3n) is 3.96. The Hall–Kier alpha value is -1.32. The molecule has 0 aliphatic heterocycles. The zero-order valence-corrected chi connectivity index (χ0v) is 13.4. The second kappa shape index (κ2) is 7.62. The van der Waals surface area contributed by atoms with E-state index < -0.39 is 0 Å². The molecule has 0 bridgehead atoms. The molecule has 0 saturated heterocycles. The van der Waals surface area contributed by atoms with Crippen molar-refractivity contribution in [2.24, 2.45) is 5.92 Å². The lowest BCUT2D eigenvalue weighted by molar-refractivity contribution is 0.123. The smallest absolute Gasteiger partial charge is 0.134 e. The van der Waals surface area contributed by atoms with Gasteiger partial charge in [-0.2, -0.15) is 0 Å². The molecule has 0 saturated carbocycles. The highest BCUT2D eigenvalue weighted by Gasteiger charge is 2.14. The molecule has 1 atom stereocenters. The quantitative estimate of drug-likeness (QED) is 0.775. The number of hydrogen-bond donors (Lipinski definition) is 2. The van der Waals surface area contributed by atoms with E-state index in [1.807, 2.05) is 32.0 Å². The number of benzene rings is 1. The zero-order chi connectivity index (χ0) is 15.2. The summed E-state index contributed by atoms with van der Waals surface area (Å²) in [5.41, 5.74) is 2.21. The molecule has 3 heteroatoms. The fourth-order valence-electron chi connectivity index (χ4n) is 2.46. The molecule has 1 aromatic carbocycles. The van der Waals surface area contributed by atoms with Crippen LogP contribution in [0.4, 0.5) is 0 Å². The molecule has 0 fully saturated rings. The predicted molar refractivity (Wildman–Crippen MR) is 87.4 cm³/mol. The maximum atomic E-state index is 9.89. The van der Waals surface area contributed by atoms with Crippen LogP contribution in [0.3, 0.4) is 0 Å². The van der Waals surface area contributed by atoms with Gasteiger partial charge in [-0.05, 0) is 18.4 Å². The van der Waals surface area contributed by atoms with Crippen molar-refractivity contribution in [3.63, 3.8) is 0 Å². The Morgan fingerprint density at radius 1 is 1.24 bits per heavy atom. The highest BCUT2D eigenvalue weighted by atomic mass is 16.3. The molecule has 0 spiro atoms. The van der Waals surface area contributed by atoms with Crippen LogP contribution >= 0.6 is 0 Å². The summed E-state index contributed by atoms with van der Waals surface area (Å²) in [4.78, 5) is 0. The Morgan fingerprint density at radius 2 is 2.00 bits per heavy atom. The maximum absolute atomic E-state index is 9.89. The first-order valence-corrected chi connectivity index (χ1v) is 8.01. The molecule has 1 heterocycles. The Labute approximate surface area is 127 Å². The lowest BCUT2D eigenvalue weighted by atomic mass is 10.1. The lowest BCUT2D eigenvalue weighted by Gasteiger charge is -2.15. The van der Waals surface area contributed by atoms with Gasteiger partial charge >= 0.3 is 0 Å². The fraction of sp³-hybridized carbons (Fsp3) is 0.556. The van der Waals surface area contributed by atoms with Crippen LogP contribution in [0.15, 0.2) is 28.7 Å². The summed E-state index contributed by atoms with van der Waals surface area (Å²) >= 11 is 0. The molecular weight excluding hydrogens is 262 g/mol. The van der Waals surface area contributed by atoms with Crippen molar-refractivity contribution in [1.29, 1.82) is 0 Å². The van der Waals surface area contributed by atoms with E-state index in [0.717, 1.165) is 37.2 Å².